The van der Waals surface area contributed by atoms with Gasteiger partial charge in [0.2, 0.25) is 5.91 Å². The third kappa shape index (κ3) is 4.84. The van der Waals surface area contributed by atoms with E-state index in [-0.39, 0.29) is 5.91 Å². The summed E-state index contributed by atoms with van der Waals surface area (Å²) in [6, 6.07) is 14.5. The lowest BCUT2D eigenvalue weighted by atomic mass is 10.1. The van der Waals surface area contributed by atoms with Crippen molar-refractivity contribution in [2.45, 2.75) is 19.8 Å². The predicted octanol–water partition coefficient (Wildman–Crippen LogP) is 3.58. The third-order valence-corrected chi connectivity index (χ3v) is 3.51. The van der Waals surface area contributed by atoms with Gasteiger partial charge in [0.25, 0.3) is 0 Å². The van der Waals surface area contributed by atoms with Gasteiger partial charge in [-0.1, -0.05) is 30.3 Å². The summed E-state index contributed by atoms with van der Waals surface area (Å²) < 4.78 is 10.4. The smallest absolute Gasteiger partial charge is 0.339 e. The third-order valence-electron chi connectivity index (χ3n) is 3.51. The number of hydrogen-bond acceptors (Lipinski definition) is 4. The number of nitrogens with one attached hydrogen (secondary N) is 1. The number of aryl methyl sites for hydroxylation is 1. The molecule has 2 rings (SSSR count). The highest BCUT2D eigenvalue weighted by atomic mass is 16.5. The van der Waals surface area contributed by atoms with Crippen LogP contribution in [0.1, 0.15) is 28.8 Å². The van der Waals surface area contributed by atoms with Crippen LogP contribution in [0, 0.1) is 6.92 Å². The van der Waals surface area contributed by atoms with E-state index < -0.39 is 5.97 Å². The Labute approximate surface area is 141 Å². The van der Waals surface area contributed by atoms with E-state index in [9.17, 15) is 9.59 Å². The first-order valence-corrected chi connectivity index (χ1v) is 7.77. The molecule has 1 N–H and O–H groups in total. The topological polar surface area (TPSA) is 64.6 Å². The van der Waals surface area contributed by atoms with Gasteiger partial charge in [0, 0.05) is 6.42 Å². The second-order valence-electron chi connectivity index (χ2n) is 5.30. The second-order valence-corrected chi connectivity index (χ2v) is 5.30. The van der Waals surface area contributed by atoms with Crippen molar-refractivity contribution in [2.24, 2.45) is 0 Å². The zero-order valence-electron chi connectivity index (χ0n) is 13.9. The molecule has 0 aliphatic heterocycles. The number of anilines is 1. The molecule has 0 aliphatic carbocycles. The molecule has 24 heavy (non-hydrogen) atoms. The Morgan fingerprint density at radius 3 is 2.50 bits per heavy atom. The quantitative estimate of drug-likeness (QED) is 0.623. The average Bonchev–Trinajstić information content (AvgIpc) is 2.60. The van der Waals surface area contributed by atoms with Crippen molar-refractivity contribution in [2.75, 3.05) is 19.0 Å². The van der Waals surface area contributed by atoms with Crippen LogP contribution in [0.5, 0.6) is 5.75 Å². The first-order valence-electron chi connectivity index (χ1n) is 7.77. The molecule has 0 aliphatic rings. The molecule has 0 radical (unpaired) electrons. The van der Waals surface area contributed by atoms with Crippen LogP contribution in [-0.4, -0.2) is 25.6 Å². The van der Waals surface area contributed by atoms with Crippen LogP contribution in [0.15, 0.2) is 48.5 Å². The Balaban J connectivity index is 1.82. The Morgan fingerprint density at radius 1 is 1.04 bits per heavy atom. The second kappa shape index (κ2) is 8.72. The van der Waals surface area contributed by atoms with E-state index in [1.165, 1.54) is 7.11 Å². The van der Waals surface area contributed by atoms with Gasteiger partial charge in [-0.2, -0.15) is 0 Å². The minimum Gasteiger partial charge on any atom is -0.493 e. The van der Waals surface area contributed by atoms with Crippen LogP contribution in [-0.2, 0) is 9.53 Å². The summed E-state index contributed by atoms with van der Waals surface area (Å²) in [5.41, 5.74) is 1.85. The van der Waals surface area contributed by atoms with Crippen LogP contribution < -0.4 is 10.1 Å². The van der Waals surface area contributed by atoms with Crippen LogP contribution in [0.3, 0.4) is 0 Å². The molecule has 0 fully saturated rings. The number of amides is 1. The molecule has 5 heteroatoms. The average molecular weight is 327 g/mol. The summed E-state index contributed by atoms with van der Waals surface area (Å²) in [7, 11) is 1.31. The van der Waals surface area contributed by atoms with Crippen molar-refractivity contribution in [1.82, 2.24) is 0 Å². The van der Waals surface area contributed by atoms with Crippen molar-refractivity contribution in [1.29, 1.82) is 0 Å². The Morgan fingerprint density at radius 2 is 1.75 bits per heavy atom. The van der Waals surface area contributed by atoms with Crippen molar-refractivity contribution >= 4 is 17.6 Å². The van der Waals surface area contributed by atoms with Gasteiger partial charge in [-0.05, 0) is 37.1 Å². The molecule has 1 amide bonds. The molecule has 0 saturated heterocycles. The van der Waals surface area contributed by atoms with Gasteiger partial charge in [0.15, 0.2) is 0 Å². The molecule has 0 spiro atoms. The number of esters is 1. The zero-order chi connectivity index (χ0) is 17.4. The summed E-state index contributed by atoms with van der Waals surface area (Å²) in [6.07, 6.45) is 0.891. The molecule has 0 saturated carbocycles. The van der Waals surface area contributed by atoms with Gasteiger partial charge in [-0.3, -0.25) is 4.79 Å². The number of methoxy groups -OCH3 is 1. The van der Waals surface area contributed by atoms with E-state index in [0.29, 0.717) is 30.7 Å². The number of rotatable bonds is 7. The van der Waals surface area contributed by atoms with Crippen molar-refractivity contribution in [3.8, 4) is 5.75 Å². The van der Waals surface area contributed by atoms with E-state index in [1.807, 2.05) is 31.2 Å². The minimum atomic E-state index is -0.478. The fourth-order valence-corrected chi connectivity index (χ4v) is 2.23. The lowest BCUT2D eigenvalue weighted by Crippen LogP contribution is -2.16. The molecular formula is C19H21NO4. The predicted molar refractivity (Wildman–Crippen MR) is 92.3 cm³/mol. The summed E-state index contributed by atoms with van der Waals surface area (Å²) in [5, 5.41) is 2.74. The molecule has 0 bridgehead atoms. The number of hydrogen-bond donors (Lipinski definition) is 1. The van der Waals surface area contributed by atoms with Gasteiger partial charge in [0.1, 0.15) is 5.75 Å². The molecule has 126 valence electrons. The SMILES string of the molecule is COC(=O)c1ccccc1NC(=O)CCCOc1ccccc1C. The number of carbonyl (C=O) groups is 2. The lowest BCUT2D eigenvalue weighted by Gasteiger charge is -2.10. The minimum absolute atomic E-state index is 0.167. The van der Waals surface area contributed by atoms with E-state index in [4.69, 9.17) is 9.47 Å². The molecule has 0 aromatic heterocycles. The maximum atomic E-state index is 12.0. The van der Waals surface area contributed by atoms with E-state index in [1.54, 1.807) is 24.3 Å². The van der Waals surface area contributed by atoms with Gasteiger partial charge >= 0.3 is 5.97 Å². The standard InChI is InChI=1S/C19H21NO4/c1-14-8-3-6-11-17(14)24-13-7-12-18(21)20-16-10-5-4-9-15(16)19(22)23-2/h3-6,8-11H,7,12-13H2,1-2H3,(H,20,21). The fourth-order valence-electron chi connectivity index (χ4n) is 2.23. The van der Waals surface area contributed by atoms with Crippen LogP contribution in [0.4, 0.5) is 5.69 Å². The molecule has 2 aromatic rings. The Bertz CT molecular complexity index is 712. The van der Waals surface area contributed by atoms with Crippen molar-refractivity contribution in [3.63, 3.8) is 0 Å². The number of carbonyl (C=O) groups excluding carboxylic acids is 2. The van der Waals surface area contributed by atoms with Gasteiger partial charge in [-0.15, -0.1) is 0 Å². The van der Waals surface area contributed by atoms with Crippen LogP contribution in [0.25, 0.3) is 0 Å². The van der Waals surface area contributed by atoms with Gasteiger partial charge in [-0.25, -0.2) is 4.79 Å². The van der Waals surface area contributed by atoms with Gasteiger partial charge in [0.05, 0.1) is 25.0 Å². The Hall–Kier alpha value is -2.82. The highest BCUT2D eigenvalue weighted by Crippen LogP contribution is 2.18. The van der Waals surface area contributed by atoms with Gasteiger partial charge < -0.3 is 14.8 Å². The summed E-state index contributed by atoms with van der Waals surface area (Å²) in [5.74, 6) is 0.183. The first-order chi connectivity index (χ1) is 11.6. The van der Waals surface area contributed by atoms with Crippen LogP contribution >= 0.6 is 0 Å². The van der Waals surface area contributed by atoms with E-state index >= 15 is 0 Å². The molecular weight excluding hydrogens is 306 g/mol. The number of benzene rings is 2. The van der Waals surface area contributed by atoms with E-state index in [2.05, 4.69) is 5.32 Å². The molecule has 0 heterocycles. The number of para-hydroxylation sites is 2. The molecule has 0 atom stereocenters. The maximum absolute atomic E-state index is 12.0. The molecule has 2 aromatic carbocycles. The van der Waals surface area contributed by atoms with E-state index in [0.717, 1.165) is 11.3 Å². The highest BCUT2D eigenvalue weighted by molar-refractivity contribution is 6.01. The first kappa shape index (κ1) is 17.5. The van der Waals surface area contributed by atoms with Crippen molar-refractivity contribution in [3.05, 3.63) is 59.7 Å². The maximum Gasteiger partial charge on any atom is 0.339 e. The monoisotopic (exact) mass is 327 g/mol. The largest absolute Gasteiger partial charge is 0.493 e. The highest BCUT2D eigenvalue weighted by Gasteiger charge is 2.13. The van der Waals surface area contributed by atoms with Crippen molar-refractivity contribution < 1.29 is 19.1 Å². The molecule has 5 nitrogen and oxygen atoms in total. The fraction of sp³-hybridized carbons (Fsp3) is 0.263. The summed E-state index contributed by atoms with van der Waals surface area (Å²) in [6.45, 7) is 2.43. The summed E-state index contributed by atoms with van der Waals surface area (Å²) in [4.78, 5) is 23.7. The van der Waals surface area contributed by atoms with Crippen LogP contribution in [0.2, 0.25) is 0 Å². The summed E-state index contributed by atoms with van der Waals surface area (Å²) >= 11 is 0. The lowest BCUT2D eigenvalue weighted by molar-refractivity contribution is -0.116. The zero-order valence-corrected chi connectivity index (χ0v) is 13.9. The Kier molecular flexibility index (Phi) is 6.37. The normalized spacial score (nSPS) is 10.1. The number of ether oxygens (including phenoxy) is 2. The molecule has 0 unspecified atom stereocenters.